The third-order valence-corrected chi connectivity index (χ3v) is 5.98. The molecular formula is C22H29N3O5. The van der Waals surface area contributed by atoms with Crippen LogP contribution in [0.4, 0.5) is 4.79 Å². The number of piperidine rings is 1. The van der Waals surface area contributed by atoms with Crippen LogP contribution in [0.3, 0.4) is 0 Å². The van der Waals surface area contributed by atoms with E-state index in [0.717, 1.165) is 24.2 Å². The number of hydrogen-bond donors (Lipinski definition) is 1. The molecule has 2 saturated heterocycles. The van der Waals surface area contributed by atoms with Gasteiger partial charge in [0.1, 0.15) is 12.1 Å². The summed E-state index contributed by atoms with van der Waals surface area (Å²) in [7, 11) is 0. The second-order valence-electron chi connectivity index (χ2n) is 7.78. The van der Waals surface area contributed by atoms with Crippen LogP contribution in [0.5, 0.6) is 0 Å². The summed E-state index contributed by atoms with van der Waals surface area (Å²) in [5.74, 6) is -1.50. The Labute approximate surface area is 176 Å². The molecule has 2 heterocycles. The second-order valence-corrected chi connectivity index (χ2v) is 7.78. The van der Waals surface area contributed by atoms with E-state index < -0.39 is 36.1 Å². The topological polar surface area (TPSA) is 96.0 Å². The van der Waals surface area contributed by atoms with E-state index in [1.54, 1.807) is 29.2 Å². The molecule has 1 aromatic rings. The van der Waals surface area contributed by atoms with Gasteiger partial charge in [0.2, 0.25) is 6.10 Å². The molecule has 2 aliphatic heterocycles. The van der Waals surface area contributed by atoms with Crippen molar-refractivity contribution in [1.29, 1.82) is 0 Å². The first-order valence-corrected chi connectivity index (χ1v) is 10.6. The zero-order valence-electron chi connectivity index (χ0n) is 17.6. The lowest BCUT2D eigenvalue weighted by atomic mass is 9.93. The Bertz CT molecular complexity index is 800. The van der Waals surface area contributed by atoms with Crippen molar-refractivity contribution >= 4 is 23.8 Å². The molecule has 30 heavy (non-hydrogen) atoms. The quantitative estimate of drug-likeness (QED) is 0.545. The number of carbonyl (C=O) groups is 4. The maximum Gasteiger partial charge on any atom is 0.327 e. The molecule has 0 aliphatic carbocycles. The lowest BCUT2D eigenvalue weighted by molar-refractivity contribution is -0.162. The van der Waals surface area contributed by atoms with Gasteiger partial charge in [0.05, 0.1) is 0 Å². The Kier molecular flexibility index (Phi) is 6.74. The van der Waals surface area contributed by atoms with E-state index in [-0.39, 0.29) is 5.91 Å². The number of carbonyl (C=O) groups excluding carboxylic acids is 4. The minimum atomic E-state index is -1.10. The Balaban J connectivity index is 1.74. The SMILES string of the molecule is CCC1(CC)NC(=O)N(CC(=O)O[C@H](C(=O)N2CCCCC2)c2ccccc2)C1=O. The summed E-state index contributed by atoms with van der Waals surface area (Å²) in [4.78, 5) is 53.4. The molecule has 8 nitrogen and oxygen atoms in total. The molecule has 2 aliphatic rings. The second kappa shape index (κ2) is 9.28. The number of benzene rings is 1. The van der Waals surface area contributed by atoms with Crippen LogP contribution < -0.4 is 5.32 Å². The van der Waals surface area contributed by atoms with Crippen molar-refractivity contribution < 1.29 is 23.9 Å². The van der Waals surface area contributed by atoms with Gasteiger partial charge in [-0.1, -0.05) is 44.2 Å². The molecule has 8 heteroatoms. The van der Waals surface area contributed by atoms with Crippen LogP contribution in [0, 0.1) is 0 Å². The first-order valence-electron chi connectivity index (χ1n) is 10.6. The Hall–Kier alpha value is -2.90. The molecule has 1 N–H and O–H groups in total. The highest BCUT2D eigenvalue weighted by molar-refractivity contribution is 6.08. The van der Waals surface area contributed by atoms with Crippen molar-refractivity contribution in [1.82, 2.24) is 15.1 Å². The normalized spacial score (nSPS) is 19.4. The van der Waals surface area contributed by atoms with Crippen LogP contribution >= 0.6 is 0 Å². The van der Waals surface area contributed by atoms with Gasteiger partial charge in [-0.2, -0.15) is 0 Å². The van der Waals surface area contributed by atoms with Gasteiger partial charge in [-0.25, -0.2) is 4.79 Å². The van der Waals surface area contributed by atoms with Crippen molar-refractivity contribution in [2.24, 2.45) is 0 Å². The highest BCUT2D eigenvalue weighted by Gasteiger charge is 2.49. The molecule has 0 unspecified atom stereocenters. The number of rotatable bonds is 7. The fraction of sp³-hybridized carbons (Fsp3) is 0.545. The number of imide groups is 1. The maximum atomic E-state index is 13.1. The summed E-state index contributed by atoms with van der Waals surface area (Å²) in [5, 5.41) is 2.69. The molecule has 0 aromatic heterocycles. The molecule has 1 atom stereocenters. The maximum absolute atomic E-state index is 13.1. The van der Waals surface area contributed by atoms with Gasteiger partial charge >= 0.3 is 12.0 Å². The third kappa shape index (κ3) is 4.32. The number of amides is 4. The zero-order chi connectivity index (χ0) is 21.7. The van der Waals surface area contributed by atoms with E-state index in [1.165, 1.54) is 0 Å². The number of ether oxygens (including phenoxy) is 1. The molecule has 2 fully saturated rings. The molecule has 4 amide bonds. The molecule has 0 bridgehead atoms. The number of esters is 1. The fourth-order valence-electron chi connectivity index (χ4n) is 4.02. The fourth-order valence-corrected chi connectivity index (χ4v) is 4.02. The highest BCUT2D eigenvalue weighted by Crippen LogP contribution is 2.26. The lowest BCUT2D eigenvalue weighted by Crippen LogP contribution is -2.46. The van der Waals surface area contributed by atoms with E-state index in [4.69, 9.17) is 4.74 Å². The van der Waals surface area contributed by atoms with Crippen LogP contribution in [0.15, 0.2) is 30.3 Å². The van der Waals surface area contributed by atoms with Crippen LogP contribution in [0.1, 0.15) is 57.6 Å². The molecule has 0 radical (unpaired) electrons. The van der Waals surface area contributed by atoms with Crippen molar-refractivity contribution in [2.45, 2.75) is 57.6 Å². The third-order valence-electron chi connectivity index (χ3n) is 5.98. The highest BCUT2D eigenvalue weighted by atomic mass is 16.5. The van der Waals surface area contributed by atoms with Crippen LogP contribution in [0.2, 0.25) is 0 Å². The van der Waals surface area contributed by atoms with E-state index >= 15 is 0 Å². The first-order chi connectivity index (χ1) is 14.4. The Morgan fingerprint density at radius 3 is 2.27 bits per heavy atom. The minimum absolute atomic E-state index is 0.275. The summed E-state index contributed by atoms with van der Waals surface area (Å²) in [5.41, 5.74) is -0.421. The van der Waals surface area contributed by atoms with E-state index in [9.17, 15) is 19.2 Å². The monoisotopic (exact) mass is 415 g/mol. The first kappa shape index (κ1) is 21.8. The molecule has 0 saturated carbocycles. The Morgan fingerprint density at radius 1 is 1.07 bits per heavy atom. The van der Waals surface area contributed by atoms with Gasteiger partial charge in [-0.15, -0.1) is 0 Å². The van der Waals surface area contributed by atoms with E-state index in [1.807, 2.05) is 19.9 Å². The summed E-state index contributed by atoms with van der Waals surface area (Å²) in [6.45, 7) is 4.35. The van der Waals surface area contributed by atoms with Gasteiger partial charge in [-0.05, 0) is 32.1 Å². The number of urea groups is 1. The summed E-state index contributed by atoms with van der Waals surface area (Å²) < 4.78 is 5.54. The number of nitrogens with one attached hydrogen (secondary N) is 1. The van der Waals surface area contributed by atoms with E-state index in [2.05, 4.69) is 5.32 Å². The summed E-state index contributed by atoms with van der Waals surface area (Å²) >= 11 is 0. The van der Waals surface area contributed by atoms with Crippen molar-refractivity contribution in [2.75, 3.05) is 19.6 Å². The van der Waals surface area contributed by atoms with Crippen molar-refractivity contribution in [3.05, 3.63) is 35.9 Å². The molecule has 1 aromatic carbocycles. The largest absolute Gasteiger partial charge is 0.446 e. The number of nitrogens with zero attached hydrogens (tertiary/aromatic N) is 2. The molecule has 3 rings (SSSR count). The number of likely N-dealkylation sites (tertiary alicyclic amines) is 1. The van der Waals surface area contributed by atoms with Gasteiger partial charge in [0, 0.05) is 18.7 Å². The predicted molar refractivity (Wildman–Crippen MR) is 109 cm³/mol. The van der Waals surface area contributed by atoms with Crippen LogP contribution in [-0.4, -0.2) is 58.8 Å². The standard InChI is InChI=1S/C22H29N3O5/c1-3-22(4-2)20(28)25(21(29)23-22)15-17(26)30-18(16-11-7-5-8-12-16)19(27)24-13-9-6-10-14-24/h5,7-8,11-12,18H,3-4,6,9-10,13-15H2,1-2H3,(H,23,29)/t18-/m0/s1. The van der Waals surface area contributed by atoms with Crippen molar-refractivity contribution in [3.63, 3.8) is 0 Å². The van der Waals surface area contributed by atoms with Gasteiger partial charge < -0.3 is 15.0 Å². The van der Waals surface area contributed by atoms with Gasteiger partial charge in [0.25, 0.3) is 11.8 Å². The predicted octanol–water partition coefficient (Wildman–Crippen LogP) is 2.39. The molecular weight excluding hydrogens is 386 g/mol. The van der Waals surface area contributed by atoms with E-state index in [0.29, 0.717) is 31.5 Å². The average molecular weight is 415 g/mol. The van der Waals surface area contributed by atoms with Gasteiger partial charge in [-0.3, -0.25) is 19.3 Å². The summed E-state index contributed by atoms with van der Waals surface area (Å²) in [6.07, 6.45) is 2.67. The summed E-state index contributed by atoms with van der Waals surface area (Å²) in [6, 6.07) is 8.21. The Morgan fingerprint density at radius 2 is 1.70 bits per heavy atom. The van der Waals surface area contributed by atoms with Crippen LogP contribution in [0.25, 0.3) is 0 Å². The molecule has 162 valence electrons. The van der Waals surface area contributed by atoms with Crippen LogP contribution in [-0.2, 0) is 19.1 Å². The van der Waals surface area contributed by atoms with Crippen molar-refractivity contribution in [3.8, 4) is 0 Å². The minimum Gasteiger partial charge on any atom is -0.446 e. The smallest absolute Gasteiger partial charge is 0.327 e. The molecule has 0 spiro atoms. The zero-order valence-corrected chi connectivity index (χ0v) is 17.6. The van der Waals surface area contributed by atoms with Gasteiger partial charge in [0.15, 0.2) is 0 Å². The number of hydrogen-bond acceptors (Lipinski definition) is 5. The average Bonchev–Trinajstić information content (AvgIpc) is 3.02. The lowest BCUT2D eigenvalue weighted by Gasteiger charge is -2.30.